The number of anilines is 2. The fraction of sp³-hybridized carbons (Fsp3) is 0. The van der Waals surface area contributed by atoms with Gasteiger partial charge in [-0.3, -0.25) is 9.78 Å². The highest BCUT2D eigenvalue weighted by Crippen LogP contribution is 2.19. The first-order chi connectivity index (χ1) is 8.16. The Hall–Kier alpha value is -2.42. The van der Waals surface area contributed by atoms with Crippen LogP contribution in [0, 0.1) is 0 Å². The highest BCUT2D eigenvalue weighted by atomic mass is 32.1. The van der Waals surface area contributed by atoms with Crippen LogP contribution in [0.5, 0.6) is 0 Å². The van der Waals surface area contributed by atoms with Crippen molar-refractivity contribution in [3.8, 4) is 5.82 Å². The summed E-state index contributed by atoms with van der Waals surface area (Å²) >= 11 is 1.40. The SMILES string of the molecule is Nc1nc2c(nc(N)n2-c2cscn2)c(=O)[nH]1. The van der Waals surface area contributed by atoms with Crippen LogP contribution in [0.15, 0.2) is 15.7 Å². The maximum Gasteiger partial charge on any atom is 0.280 e. The second-order valence-electron chi connectivity index (χ2n) is 3.28. The largest absolute Gasteiger partial charge is 0.369 e. The molecule has 0 aromatic carbocycles. The third-order valence-corrected chi connectivity index (χ3v) is 2.78. The van der Waals surface area contributed by atoms with Crippen molar-refractivity contribution < 1.29 is 0 Å². The van der Waals surface area contributed by atoms with Crippen molar-refractivity contribution in [3.05, 3.63) is 21.2 Å². The standard InChI is InChI=1S/C8H7N7OS/c9-7-13-5-4(6(16)14-7)12-8(10)15(5)3-1-17-2-11-3/h1-2H,(H2,10,12)(H3,9,13,14,16). The van der Waals surface area contributed by atoms with E-state index in [1.165, 1.54) is 15.9 Å². The molecule has 3 heterocycles. The maximum absolute atomic E-state index is 11.6. The third-order valence-electron chi connectivity index (χ3n) is 2.21. The molecule has 9 heteroatoms. The zero-order valence-corrected chi connectivity index (χ0v) is 9.23. The molecule has 0 atom stereocenters. The van der Waals surface area contributed by atoms with Gasteiger partial charge in [-0.25, -0.2) is 14.5 Å². The van der Waals surface area contributed by atoms with E-state index in [4.69, 9.17) is 11.5 Å². The second kappa shape index (κ2) is 3.28. The van der Waals surface area contributed by atoms with Gasteiger partial charge in [0, 0.05) is 5.38 Å². The lowest BCUT2D eigenvalue weighted by Gasteiger charge is -2.00. The second-order valence-corrected chi connectivity index (χ2v) is 3.99. The van der Waals surface area contributed by atoms with E-state index >= 15 is 0 Å². The van der Waals surface area contributed by atoms with Gasteiger partial charge in [0.15, 0.2) is 17.0 Å². The van der Waals surface area contributed by atoms with Crippen LogP contribution >= 0.6 is 11.3 Å². The molecule has 3 aromatic rings. The van der Waals surface area contributed by atoms with Crippen LogP contribution in [-0.2, 0) is 0 Å². The molecule has 86 valence electrons. The monoisotopic (exact) mass is 249 g/mol. The lowest BCUT2D eigenvalue weighted by Crippen LogP contribution is -2.12. The number of nitrogens with one attached hydrogen (secondary N) is 1. The van der Waals surface area contributed by atoms with Crippen molar-refractivity contribution in [1.82, 2.24) is 24.5 Å². The quantitative estimate of drug-likeness (QED) is 0.544. The average molecular weight is 249 g/mol. The Morgan fingerprint density at radius 1 is 1.35 bits per heavy atom. The van der Waals surface area contributed by atoms with Crippen molar-refractivity contribution in [2.45, 2.75) is 0 Å². The van der Waals surface area contributed by atoms with Gasteiger partial charge >= 0.3 is 0 Å². The number of imidazole rings is 1. The zero-order valence-electron chi connectivity index (χ0n) is 8.41. The van der Waals surface area contributed by atoms with Crippen LogP contribution in [0.25, 0.3) is 17.0 Å². The van der Waals surface area contributed by atoms with Gasteiger partial charge in [-0.1, -0.05) is 0 Å². The lowest BCUT2D eigenvalue weighted by molar-refractivity contribution is 1.03. The molecule has 0 aliphatic carbocycles. The summed E-state index contributed by atoms with van der Waals surface area (Å²) in [5.74, 6) is 0.723. The van der Waals surface area contributed by atoms with Gasteiger partial charge in [0.2, 0.25) is 11.9 Å². The number of rotatable bonds is 1. The number of thiazole rings is 1. The molecule has 0 bridgehead atoms. The number of nitrogen functional groups attached to an aromatic ring is 2. The van der Waals surface area contributed by atoms with Crippen LogP contribution < -0.4 is 17.0 Å². The minimum atomic E-state index is -0.423. The molecule has 3 aromatic heterocycles. The summed E-state index contributed by atoms with van der Waals surface area (Å²) in [4.78, 5) is 26.0. The molecule has 0 spiro atoms. The molecule has 17 heavy (non-hydrogen) atoms. The Morgan fingerprint density at radius 2 is 2.18 bits per heavy atom. The van der Waals surface area contributed by atoms with E-state index in [1.807, 2.05) is 0 Å². The molecule has 8 nitrogen and oxygen atoms in total. The molecule has 0 aliphatic heterocycles. The van der Waals surface area contributed by atoms with E-state index in [0.29, 0.717) is 11.5 Å². The van der Waals surface area contributed by atoms with Gasteiger partial charge < -0.3 is 11.5 Å². The number of nitrogens with zero attached hydrogens (tertiary/aromatic N) is 4. The summed E-state index contributed by atoms with van der Waals surface area (Å²) in [7, 11) is 0. The van der Waals surface area contributed by atoms with E-state index < -0.39 is 5.56 Å². The summed E-state index contributed by atoms with van der Waals surface area (Å²) in [6, 6.07) is 0. The van der Waals surface area contributed by atoms with Crippen LogP contribution in [0.2, 0.25) is 0 Å². The third kappa shape index (κ3) is 1.36. The fourth-order valence-corrected chi connectivity index (χ4v) is 2.06. The predicted molar refractivity (Wildman–Crippen MR) is 64.0 cm³/mol. The van der Waals surface area contributed by atoms with Gasteiger partial charge in [0.25, 0.3) is 5.56 Å². The highest BCUT2D eigenvalue weighted by Gasteiger charge is 2.15. The molecular formula is C8H7N7OS. The van der Waals surface area contributed by atoms with Crippen molar-refractivity contribution >= 4 is 34.4 Å². The summed E-state index contributed by atoms with van der Waals surface area (Å²) < 4.78 is 1.48. The summed E-state index contributed by atoms with van der Waals surface area (Å²) in [5, 5.41) is 1.77. The van der Waals surface area contributed by atoms with Gasteiger partial charge in [0.1, 0.15) is 0 Å². The van der Waals surface area contributed by atoms with Crippen molar-refractivity contribution in [1.29, 1.82) is 0 Å². The molecule has 0 saturated carbocycles. The molecule has 0 unspecified atom stereocenters. The molecule has 0 aliphatic rings. The van der Waals surface area contributed by atoms with Gasteiger partial charge in [-0.05, 0) is 0 Å². The average Bonchev–Trinajstić information content (AvgIpc) is 2.84. The number of hydrogen-bond donors (Lipinski definition) is 3. The van der Waals surface area contributed by atoms with Gasteiger partial charge in [-0.15, -0.1) is 11.3 Å². The molecule has 5 N–H and O–H groups in total. The molecule has 3 rings (SSSR count). The number of aromatic nitrogens is 5. The molecule has 0 amide bonds. The molecule has 0 saturated heterocycles. The topological polar surface area (TPSA) is 128 Å². The normalized spacial score (nSPS) is 11.1. The Labute approximate surface area is 97.9 Å². The smallest absolute Gasteiger partial charge is 0.280 e. The summed E-state index contributed by atoms with van der Waals surface area (Å²) in [5.41, 5.74) is 12.9. The first-order valence-corrected chi connectivity index (χ1v) is 5.53. The van der Waals surface area contributed by atoms with E-state index in [1.54, 1.807) is 10.9 Å². The van der Waals surface area contributed by atoms with E-state index in [-0.39, 0.29) is 17.4 Å². The summed E-state index contributed by atoms with van der Waals surface area (Å²) in [6.45, 7) is 0. The van der Waals surface area contributed by atoms with Crippen LogP contribution in [0.4, 0.5) is 11.9 Å². The minimum absolute atomic E-state index is 0.0129. The van der Waals surface area contributed by atoms with Crippen LogP contribution in [-0.4, -0.2) is 24.5 Å². The maximum atomic E-state index is 11.6. The Kier molecular flexibility index (Phi) is 1.89. The van der Waals surface area contributed by atoms with Crippen molar-refractivity contribution in [2.24, 2.45) is 0 Å². The van der Waals surface area contributed by atoms with E-state index in [9.17, 15) is 4.79 Å². The Balaban J connectivity index is 2.46. The minimum Gasteiger partial charge on any atom is -0.369 e. The summed E-state index contributed by atoms with van der Waals surface area (Å²) in [6.07, 6.45) is 0. The number of H-pyrrole nitrogens is 1. The number of hydrogen-bond acceptors (Lipinski definition) is 7. The fourth-order valence-electron chi connectivity index (χ4n) is 1.54. The number of fused-ring (bicyclic) bond motifs is 1. The van der Waals surface area contributed by atoms with Gasteiger partial charge in [0.05, 0.1) is 5.51 Å². The lowest BCUT2D eigenvalue weighted by atomic mass is 10.5. The van der Waals surface area contributed by atoms with Crippen molar-refractivity contribution in [2.75, 3.05) is 11.5 Å². The van der Waals surface area contributed by atoms with Crippen LogP contribution in [0.1, 0.15) is 0 Å². The first-order valence-electron chi connectivity index (χ1n) is 4.59. The molecule has 0 radical (unpaired) electrons. The first kappa shape index (κ1) is 9.78. The molecular weight excluding hydrogens is 242 g/mol. The Bertz CT molecular complexity index is 741. The molecule has 0 fully saturated rings. The number of aromatic amines is 1. The van der Waals surface area contributed by atoms with E-state index in [0.717, 1.165) is 0 Å². The Morgan fingerprint density at radius 3 is 2.88 bits per heavy atom. The highest BCUT2D eigenvalue weighted by molar-refractivity contribution is 7.07. The number of nitrogens with two attached hydrogens (primary N) is 2. The van der Waals surface area contributed by atoms with E-state index in [2.05, 4.69) is 19.9 Å². The van der Waals surface area contributed by atoms with Gasteiger partial charge in [-0.2, -0.15) is 4.98 Å². The zero-order chi connectivity index (χ0) is 12.0. The van der Waals surface area contributed by atoms with Crippen molar-refractivity contribution in [3.63, 3.8) is 0 Å². The van der Waals surface area contributed by atoms with Crippen LogP contribution in [0.3, 0.4) is 0 Å². The predicted octanol–water partition coefficient (Wildman–Crippen LogP) is -0.270.